The number of carbonyl (C=O) groups excluding carboxylic acids is 2. The highest BCUT2D eigenvalue weighted by atomic mass is 16.5. The first kappa shape index (κ1) is 27.9. The summed E-state index contributed by atoms with van der Waals surface area (Å²) in [4.78, 5) is 27.1. The molecule has 0 bridgehead atoms. The molecule has 3 aliphatic rings. The first-order chi connectivity index (χ1) is 19.6. The molecule has 10 nitrogen and oxygen atoms in total. The lowest BCUT2D eigenvalue weighted by atomic mass is 10.0. The van der Waals surface area contributed by atoms with Gasteiger partial charge in [0.1, 0.15) is 6.61 Å². The van der Waals surface area contributed by atoms with E-state index < -0.39 is 6.09 Å². The van der Waals surface area contributed by atoms with Gasteiger partial charge in [-0.3, -0.25) is 15.0 Å². The van der Waals surface area contributed by atoms with Gasteiger partial charge < -0.3 is 19.5 Å². The van der Waals surface area contributed by atoms with Crippen LogP contribution in [0.5, 0.6) is 11.5 Å². The Morgan fingerprint density at radius 2 is 1.82 bits per heavy atom. The molecule has 214 valence electrons. The van der Waals surface area contributed by atoms with E-state index >= 15 is 0 Å². The molecular formula is C30H39N5O5. The van der Waals surface area contributed by atoms with Gasteiger partial charge in [-0.25, -0.2) is 9.80 Å². The summed E-state index contributed by atoms with van der Waals surface area (Å²) in [6.07, 6.45) is 5.20. The second kappa shape index (κ2) is 13.6. The first-order valence-electron chi connectivity index (χ1n) is 14.3. The van der Waals surface area contributed by atoms with Gasteiger partial charge >= 0.3 is 6.09 Å². The number of hydrogen-bond donors (Lipinski definition) is 2. The molecule has 40 heavy (non-hydrogen) atoms. The Balaban J connectivity index is 1.17. The molecule has 2 amide bonds. The van der Waals surface area contributed by atoms with E-state index in [1.165, 1.54) is 17.9 Å². The fourth-order valence-corrected chi connectivity index (χ4v) is 5.29. The Kier molecular flexibility index (Phi) is 9.51. The van der Waals surface area contributed by atoms with Crippen molar-refractivity contribution < 1.29 is 23.8 Å². The fourth-order valence-electron chi connectivity index (χ4n) is 5.29. The van der Waals surface area contributed by atoms with Crippen LogP contribution in [-0.2, 0) is 16.1 Å². The van der Waals surface area contributed by atoms with Gasteiger partial charge in [0, 0.05) is 56.8 Å². The van der Waals surface area contributed by atoms with Crippen molar-refractivity contribution in [3.05, 3.63) is 53.6 Å². The van der Waals surface area contributed by atoms with Crippen LogP contribution in [0.2, 0.25) is 0 Å². The molecule has 2 aromatic carbocycles. The van der Waals surface area contributed by atoms with E-state index in [2.05, 4.69) is 15.5 Å². The molecule has 10 heteroatoms. The lowest BCUT2D eigenvalue weighted by Crippen LogP contribution is -2.44. The molecule has 2 fully saturated rings. The quantitative estimate of drug-likeness (QED) is 0.462. The van der Waals surface area contributed by atoms with Gasteiger partial charge in [-0.1, -0.05) is 12.1 Å². The van der Waals surface area contributed by atoms with Crippen molar-refractivity contribution in [1.82, 2.24) is 15.2 Å². The number of nitrogens with one attached hydrogen (secondary N) is 2. The maximum absolute atomic E-state index is 12.7. The van der Waals surface area contributed by atoms with Gasteiger partial charge in [-0.2, -0.15) is 5.10 Å². The summed E-state index contributed by atoms with van der Waals surface area (Å²) in [6.45, 7) is 5.29. The van der Waals surface area contributed by atoms with Crippen molar-refractivity contribution in [3.63, 3.8) is 0 Å². The molecule has 0 atom stereocenters. The molecule has 1 aliphatic carbocycles. The lowest BCUT2D eigenvalue weighted by Gasteiger charge is -2.26. The predicted octanol–water partition coefficient (Wildman–Crippen LogP) is 4.00. The molecule has 1 saturated carbocycles. The molecule has 0 spiro atoms. The minimum Gasteiger partial charge on any atom is -0.493 e. The van der Waals surface area contributed by atoms with Gasteiger partial charge in [0.05, 0.1) is 25.5 Å². The largest absolute Gasteiger partial charge is 0.493 e. The van der Waals surface area contributed by atoms with Crippen LogP contribution in [0.15, 0.2) is 47.6 Å². The number of amides is 2. The summed E-state index contributed by atoms with van der Waals surface area (Å²) in [5, 5.41) is 12.3. The van der Waals surface area contributed by atoms with Crippen molar-refractivity contribution in [3.8, 4) is 11.5 Å². The summed E-state index contributed by atoms with van der Waals surface area (Å²) < 4.78 is 17.1. The van der Waals surface area contributed by atoms with Crippen molar-refractivity contribution in [1.29, 1.82) is 0 Å². The number of nitrogens with zero attached hydrogens (tertiary/aromatic N) is 3. The second-order valence-corrected chi connectivity index (χ2v) is 10.4. The molecule has 2 aromatic rings. The van der Waals surface area contributed by atoms with Gasteiger partial charge in [0.2, 0.25) is 5.91 Å². The summed E-state index contributed by atoms with van der Waals surface area (Å²) in [5.41, 5.74) is 3.33. The predicted molar refractivity (Wildman–Crippen MR) is 153 cm³/mol. The summed E-state index contributed by atoms with van der Waals surface area (Å²) >= 11 is 0. The number of anilines is 1. The number of ether oxygens (including phenoxy) is 3. The fraction of sp³-hybridized carbons (Fsp3) is 0.500. The van der Waals surface area contributed by atoms with Gasteiger partial charge in [0.25, 0.3) is 0 Å². The monoisotopic (exact) mass is 549 g/mol. The summed E-state index contributed by atoms with van der Waals surface area (Å²) in [6, 6.07) is 13.2. The zero-order valence-corrected chi connectivity index (χ0v) is 23.2. The Morgan fingerprint density at radius 3 is 2.58 bits per heavy atom. The van der Waals surface area contributed by atoms with Crippen LogP contribution < -0.4 is 20.1 Å². The number of hydrazone groups is 1. The third kappa shape index (κ3) is 7.51. The molecule has 2 N–H and O–H groups in total. The minimum absolute atomic E-state index is 0.0186. The minimum atomic E-state index is -0.473. The van der Waals surface area contributed by atoms with Crippen LogP contribution in [0.1, 0.15) is 49.7 Å². The van der Waals surface area contributed by atoms with Crippen molar-refractivity contribution in [2.24, 2.45) is 5.10 Å². The van der Waals surface area contributed by atoms with E-state index in [-0.39, 0.29) is 12.0 Å². The second-order valence-electron chi connectivity index (χ2n) is 10.4. The molecule has 0 radical (unpaired) electrons. The highest BCUT2D eigenvalue weighted by Crippen LogP contribution is 2.33. The topological polar surface area (TPSA) is 105 Å². The maximum atomic E-state index is 12.7. The number of piperazine rings is 1. The van der Waals surface area contributed by atoms with Crippen molar-refractivity contribution in [2.45, 2.75) is 51.2 Å². The highest BCUT2D eigenvalue weighted by molar-refractivity contribution is 6.04. The molecule has 1 saturated heterocycles. The van der Waals surface area contributed by atoms with E-state index in [9.17, 15) is 9.59 Å². The highest BCUT2D eigenvalue weighted by Gasteiger charge is 2.24. The number of benzene rings is 2. The zero-order chi connectivity index (χ0) is 27.7. The van der Waals surface area contributed by atoms with Gasteiger partial charge in [0.15, 0.2) is 11.5 Å². The van der Waals surface area contributed by atoms with Crippen LogP contribution in [-0.4, -0.2) is 80.2 Å². The van der Waals surface area contributed by atoms with Crippen LogP contribution >= 0.6 is 0 Å². The lowest BCUT2D eigenvalue weighted by molar-refractivity contribution is -0.132. The Hall–Kier alpha value is -3.63. The number of hydrogen-bond acceptors (Lipinski definition) is 8. The zero-order valence-electron chi connectivity index (χ0n) is 23.2. The van der Waals surface area contributed by atoms with Crippen molar-refractivity contribution in [2.75, 3.05) is 51.8 Å². The van der Waals surface area contributed by atoms with Crippen LogP contribution in [0.3, 0.4) is 0 Å². The van der Waals surface area contributed by atoms with Crippen LogP contribution in [0, 0.1) is 0 Å². The maximum Gasteiger partial charge on any atom is 0.411 e. The number of carbonyl (C=O) groups is 2. The number of rotatable bonds is 10. The summed E-state index contributed by atoms with van der Waals surface area (Å²) in [5.74, 6) is 1.41. The molecule has 0 unspecified atom stereocenters. The standard InChI is InChI=1S/C30H39N5O5/c1-38-27-12-8-23(20-28(27)40-25-4-2-3-5-25)26-11-13-29(36)35(33-26)21-22-6-9-24(10-7-22)32-30(37)39-19-18-34-16-14-31-15-17-34/h6-10,12,20,25,31H,2-5,11,13-19,21H2,1H3,(H,32,37). The SMILES string of the molecule is COc1ccc(C2=NN(Cc3ccc(NC(=O)OCCN4CCNCC4)cc3)C(=O)CC2)cc1OC1CCCC1. The Labute approximate surface area is 235 Å². The average Bonchev–Trinajstić information content (AvgIpc) is 3.49. The summed E-state index contributed by atoms with van der Waals surface area (Å²) in [7, 11) is 1.65. The first-order valence-corrected chi connectivity index (χ1v) is 14.3. The smallest absolute Gasteiger partial charge is 0.411 e. The van der Waals surface area contributed by atoms with E-state index in [1.54, 1.807) is 7.11 Å². The van der Waals surface area contributed by atoms with E-state index in [1.807, 2.05) is 42.5 Å². The van der Waals surface area contributed by atoms with Crippen molar-refractivity contribution >= 4 is 23.4 Å². The number of methoxy groups -OCH3 is 1. The Morgan fingerprint density at radius 1 is 1.05 bits per heavy atom. The molecule has 0 aromatic heterocycles. The van der Waals surface area contributed by atoms with Crippen LogP contribution in [0.4, 0.5) is 10.5 Å². The van der Waals surface area contributed by atoms with E-state index in [4.69, 9.17) is 19.3 Å². The third-order valence-corrected chi connectivity index (χ3v) is 7.58. The van der Waals surface area contributed by atoms with E-state index in [0.717, 1.165) is 68.2 Å². The molecule has 2 heterocycles. The Bertz CT molecular complexity index is 1190. The molecule has 2 aliphatic heterocycles. The normalized spacial score (nSPS) is 18.4. The molecule has 5 rings (SSSR count). The van der Waals surface area contributed by atoms with Gasteiger partial charge in [-0.15, -0.1) is 0 Å². The van der Waals surface area contributed by atoms with Crippen LogP contribution in [0.25, 0.3) is 0 Å². The van der Waals surface area contributed by atoms with Gasteiger partial charge in [-0.05, 0) is 61.6 Å². The molecular weight excluding hydrogens is 510 g/mol. The van der Waals surface area contributed by atoms with E-state index in [0.29, 0.717) is 37.4 Å². The average molecular weight is 550 g/mol. The third-order valence-electron chi connectivity index (χ3n) is 7.58.